The molecule has 3 N–H and O–H groups in total. The van der Waals surface area contributed by atoms with Gasteiger partial charge in [0, 0.05) is 18.9 Å². The Kier molecular flexibility index (Phi) is 11.7. The molecule has 11 nitrogen and oxygen atoms in total. The number of carboxylic acids is 1. The first-order chi connectivity index (χ1) is 19.5. The van der Waals surface area contributed by atoms with Crippen molar-refractivity contribution >= 4 is 23.9 Å². The summed E-state index contributed by atoms with van der Waals surface area (Å²) in [4.78, 5) is 48.3. The van der Waals surface area contributed by atoms with Crippen molar-refractivity contribution in [2.45, 2.75) is 51.2 Å². The van der Waals surface area contributed by atoms with Crippen LogP contribution in [0.1, 0.15) is 50.7 Å². The minimum Gasteiger partial charge on any atom is -0.480 e. The lowest BCUT2D eigenvalue weighted by Crippen LogP contribution is -2.45. The van der Waals surface area contributed by atoms with Gasteiger partial charge in [0.05, 0.1) is 19.8 Å². The third-order valence-electron chi connectivity index (χ3n) is 6.15. The molecule has 41 heavy (non-hydrogen) atoms. The van der Waals surface area contributed by atoms with Crippen LogP contribution in [-0.2, 0) is 33.3 Å². The van der Waals surface area contributed by atoms with Gasteiger partial charge in [0.2, 0.25) is 5.91 Å². The first-order valence-electron chi connectivity index (χ1n) is 13.5. The summed E-state index contributed by atoms with van der Waals surface area (Å²) in [6, 6.07) is 14.9. The van der Waals surface area contributed by atoms with E-state index < -0.39 is 36.3 Å². The molecule has 0 spiro atoms. The third-order valence-corrected chi connectivity index (χ3v) is 6.15. The molecule has 11 heteroatoms. The Balaban J connectivity index is 1.49. The number of nitrogens with one attached hydrogen (secondary N) is 2. The molecule has 1 atom stereocenters. The van der Waals surface area contributed by atoms with Gasteiger partial charge in [-0.15, -0.1) is 0 Å². The lowest BCUT2D eigenvalue weighted by atomic mass is 9.98. The smallest absolute Gasteiger partial charge is 0.407 e. The van der Waals surface area contributed by atoms with E-state index in [-0.39, 0.29) is 57.6 Å². The van der Waals surface area contributed by atoms with E-state index in [2.05, 4.69) is 10.6 Å². The highest BCUT2D eigenvalue weighted by Gasteiger charge is 2.31. The quantitative estimate of drug-likeness (QED) is 0.217. The van der Waals surface area contributed by atoms with Crippen LogP contribution in [0.4, 0.5) is 4.79 Å². The number of ether oxygens (including phenoxy) is 4. The van der Waals surface area contributed by atoms with E-state index in [9.17, 15) is 19.2 Å². The van der Waals surface area contributed by atoms with E-state index >= 15 is 0 Å². The fourth-order valence-corrected chi connectivity index (χ4v) is 4.41. The molecule has 222 valence electrons. The van der Waals surface area contributed by atoms with Crippen molar-refractivity contribution in [2.24, 2.45) is 0 Å². The molecular weight excluding hydrogens is 532 g/mol. The summed E-state index contributed by atoms with van der Waals surface area (Å²) in [5, 5.41) is 13.8. The van der Waals surface area contributed by atoms with Crippen molar-refractivity contribution in [3.63, 3.8) is 0 Å². The lowest BCUT2D eigenvalue weighted by Gasteiger charge is -2.24. The summed E-state index contributed by atoms with van der Waals surface area (Å²) in [5.41, 5.74) is 3.56. The molecule has 2 aromatic rings. The molecule has 3 rings (SSSR count). The number of fused-ring (bicyclic) bond motifs is 3. The van der Waals surface area contributed by atoms with Crippen LogP contribution >= 0.6 is 0 Å². The fraction of sp³-hybridized carbons (Fsp3) is 0.467. The Hall–Kier alpha value is -3.96. The van der Waals surface area contributed by atoms with E-state index in [1.54, 1.807) is 20.8 Å². The molecule has 0 unspecified atom stereocenters. The average Bonchev–Trinajstić information content (AvgIpc) is 3.23. The topological polar surface area (TPSA) is 149 Å². The Bertz CT molecular complexity index is 1160. The summed E-state index contributed by atoms with van der Waals surface area (Å²) < 4.78 is 21.1. The first kappa shape index (κ1) is 31.6. The molecule has 0 saturated carbocycles. The lowest BCUT2D eigenvalue weighted by molar-refractivity contribution is -0.157. The average molecular weight is 571 g/mol. The van der Waals surface area contributed by atoms with Crippen LogP contribution in [0.2, 0.25) is 0 Å². The number of carbonyl (C=O) groups is 4. The number of hydrogen-bond donors (Lipinski definition) is 3. The minimum atomic E-state index is -1.08. The number of carboxylic acid groups (broad SMARTS) is 1. The van der Waals surface area contributed by atoms with Gasteiger partial charge in [-0.2, -0.15) is 0 Å². The summed E-state index contributed by atoms with van der Waals surface area (Å²) in [6.07, 6.45) is -0.814. The van der Waals surface area contributed by atoms with Crippen LogP contribution in [0, 0.1) is 0 Å². The number of carbonyl (C=O) groups excluding carboxylic acids is 3. The fourth-order valence-electron chi connectivity index (χ4n) is 4.41. The summed E-state index contributed by atoms with van der Waals surface area (Å²) >= 11 is 0. The van der Waals surface area contributed by atoms with Gasteiger partial charge in [0.15, 0.2) is 0 Å². The van der Waals surface area contributed by atoms with Gasteiger partial charge < -0.3 is 34.7 Å². The second-order valence-electron chi connectivity index (χ2n) is 10.5. The predicted molar refractivity (Wildman–Crippen MR) is 149 cm³/mol. The molecule has 1 aliphatic carbocycles. The Labute approximate surface area is 239 Å². The molecule has 0 saturated heterocycles. The first-order valence-corrected chi connectivity index (χ1v) is 13.5. The maximum Gasteiger partial charge on any atom is 0.407 e. The number of benzene rings is 2. The van der Waals surface area contributed by atoms with E-state index in [0.717, 1.165) is 22.3 Å². The molecule has 0 aliphatic heterocycles. The van der Waals surface area contributed by atoms with Crippen molar-refractivity contribution < 1.29 is 43.2 Å². The minimum absolute atomic E-state index is 0.00876. The van der Waals surface area contributed by atoms with Gasteiger partial charge in [-0.05, 0) is 49.4 Å². The Morgan fingerprint density at radius 1 is 0.902 bits per heavy atom. The van der Waals surface area contributed by atoms with E-state index in [1.807, 2.05) is 48.5 Å². The number of alkyl carbamates (subject to hydrolysis) is 1. The molecule has 0 bridgehead atoms. The number of aliphatic carboxylic acids is 1. The number of amides is 2. The van der Waals surface area contributed by atoms with E-state index in [4.69, 9.17) is 24.1 Å². The molecule has 2 aromatic carbocycles. The van der Waals surface area contributed by atoms with Crippen LogP contribution < -0.4 is 10.6 Å². The highest BCUT2D eigenvalue weighted by molar-refractivity contribution is 5.83. The number of esters is 1. The monoisotopic (exact) mass is 570 g/mol. The van der Waals surface area contributed by atoms with Gasteiger partial charge in [-0.25, -0.2) is 14.4 Å². The maximum absolute atomic E-state index is 12.8. The van der Waals surface area contributed by atoms with Crippen molar-refractivity contribution in [1.29, 1.82) is 0 Å². The van der Waals surface area contributed by atoms with E-state index in [0.29, 0.717) is 0 Å². The summed E-state index contributed by atoms with van der Waals surface area (Å²) in [6.45, 7) is 5.57. The van der Waals surface area contributed by atoms with Crippen LogP contribution in [0.15, 0.2) is 48.5 Å². The maximum atomic E-state index is 12.8. The van der Waals surface area contributed by atoms with Gasteiger partial charge >= 0.3 is 18.0 Å². The molecule has 2 amide bonds. The van der Waals surface area contributed by atoms with E-state index in [1.165, 1.54) is 0 Å². The second kappa shape index (κ2) is 15.2. The van der Waals surface area contributed by atoms with Gasteiger partial charge in [-0.1, -0.05) is 48.5 Å². The van der Waals surface area contributed by atoms with Crippen LogP contribution in [0.3, 0.4) is 0 Å². The van der Waals surface area contributed by atoms with Crippen LogP contribution in [0.25, 0.3) is 11.1 Å². The zero-order chi connectivity index (χ0) is 29.8. The Morgan fingerprint density at radius 3 is 2.12 bits per heavy atom. The second-order valence-corrected chi connectivity index (χ2v) is 10.5. The summed E-state index contributed by atoms with van der Waals surface area (Å²) in [5.74, 6) is -2.19. The standard InChI is InChI=1S/C30H38N2O9/c1-30(2,3)41-28(36)25(12-13-26(33)31-14-15-38-16-17-39-19-27(34)35)32-29(37)40-18-24-22-10-6-4-8-20(22)21-9-5-7-11-23(21)24/h4-11,24-25H,12-19H2,1-3H3,(H,31,33)(H,32,37)(H,34,35)/t25-/m1/s1. The van der Waals surface area contributed by atoms with Crippen LogP contribution in [-0.4, -0.2) is 80.3 Å². The molecule has 0 radical (unpaired) electrons. The van der Waals surface area contributed by atoms with Gasteiger partial charge in [0.25, 0.3) is 0 Å². The van der Waals surface area contributed by atoms with Gasteiger partial charge in [-0.3, -0.25) is 4.79 Å². The molecule has 0 fully saturated rings. The number of hydrogen-bond acceptors (Lipinski definition) is 8. The van der Waals surface area contributed by atoms with Crippen molar-refractivity contribution in [3.05, 3.63) is 59.7 Å². The Morgan fingerprint density at radius 2 is 1.51 bits per heavy atom. The van der Waals surface area contributed by atoms with Crippen LogP contribution in [0.5, 0.6) is 0 Å². The highest BCUT2D eigenvalue weighted by atomic mass is 16.6. The zero-order valence-corrected chi connectivity index (χ0v) is 23.6. The SMILES string of the molecule is CC(C)(C)OC(=O)[C@@H](CCC(=O)NCCOCCOCC(=O)O)NC(=O)OCC1c2ccccc2-c2ccccc21. The molecule has 0 aromatic heterocycles. The van der Waals surface area contributed by atoms with Gasteiger partial charge in [0.1, 0.15) is 24.9 Å². The van der Waals surface area contributed by atoms with Crippen molar-refractivity contribution in [2.75, 3.05) is 39.6 Å². The molecular formula is C30H38N2O9. The zero-order valence-electron chi connectivity index (χ0n) is 23.6. The molecule has 1 aliphatic rings. The normalized spacial score (nSPS) is 13.0. The summed E-state index contributed by atoms with van der Waals surface area (Å²) in [7, 11) is 0. The van der Waals surface area contributed by atoms with Crippen molar-refractivity contribution in [3.8, 4) is 11.1 Å². The largest absolute Gasteiger partial charge is 0.480 e. The number of rotatable bonds is 15. The molecule has 0 heterocycles. The predicted octanol–water partition coefficient (Wildman–Crippen LogP) is 3.25. The highest BCUT2D eigenvalue weighted by Crippen LogP contribution is 2.44. The third kappa shape index (κ3) is 10.2. The van der Waals surface area contributed by atoms with Crippen molar-refractivity contribution in [1.82, 2.24) is 10.6 Å².